The number of aromatic nitrogens is 2. The summed E-state index contributed by atoms with van der Waals surface area (Å²) in [5.74, 6) is 3.22. The van der Waals surface area contributed by atoms with Crippen LogP contribution in [0.25, 0.3) is 11.0 Å². The number of rotatable bonds is 4. The number of amides is 1. The van der Waals surface area contributed by atoms with Crippen molar-refractivity contribution in [3.63, 3.8) is 0 Å². The van der Waals surface area contributed by atoms with E-state index in [1.165, 1.54) is 17.1 Å². The van der Waals surface area contributed by atoms with Crippen LogP contribution in [0.2, 0.25) is 0 Å². The summed E-state index contributed by atoms with van der Waals surface area (Å²) in [6.07, 6.45) is 0. The summed E-state index contributed by atoms with van der Waals surface area (Å²) in [5.41, 5.74) is 3.93. The van der Waals surface area contributed by atoms with Gasteiger partial charge in [-0.3, -0.25) is 4.79 Å². The summed E-state index contributed by atoms with van der Waals surface area (Å²) in [7, 11) is 1.81. The number of H-pyrrole nitrogens is 1. The minimum Gasteiger partial charge on any atom is -0.340 e. The summed E-state index contributed by atoms with van der Waals surface area (Å²) in [6, 6.07) is 15.9. The Morgan fingerprint density at radius 2 is 1.88 bits per heavy atom. The van der Waals surface area contributed by atoms with Gasteiger partial charge in [-0.05, 0) is 29.8 Å². The second kappa shape index (κ2) is 7.14. The number of carbonyl (C=O) groups is 1. The molecule has 0 radical (unpaired) electrons. The van der Waals surface area contributed by atoms with Crippen LogP contribution in [0, 0.1) is 0 Å². The van der Waals surface area contributed by atoms with E-state index in [0.717, 1.165) is 22.4 Å². The summed E-state index contributed by atoms with van der Waals surface area (Å²) < 4.78 is 0.512. The van der Waals surface area contributed by atoms with E-state index in [9.17, 15) is 4.79 Å². The monoisotopic (exact) mass is 369 g/mol. The van der Waals surface area contributed by atoms with E-state index in [0.29, 0.717) is 11.1 Å². The third-order valence-electron chi connectivity index (χ3n) is 4.22. The van der Waals surface area contributed by atoms with Crippen molar-refractivity contribution in [1.82, 2.24) is 14.9 Å². The number of aromatic amines is 1. The SMILES string of the molecule is CN(Cc1nc2ccccc2[nH]1)C(=O)c1ccc(C2SCCS2)cc1. The molecular formula is C19H19N3OS2. The molecule has 0 atom stereocenters. The van der Waals surface area contributed by atoms with E-state index < -0.39 is 0 Å². The van der Waals surface area contributed by atoms with Crippen LogP contribution in [0.15, 0.2) is 48.5 Å². The molecule has 1 N–H and O–H groups in total. The number of nitrogens with zero attached hydrogens (tertiary/aromatic N) is 2. The first kappa shape index (κ1) is 16.5. The maximum atomic E-state index is 12.7. The zero-order chi connectivity index (χ0) is 17.2. The molecule has 25 heavy (non-hydrogen) atoms. The van der Waals surface area contributed by atoms with E-state index in [2.05, 4.69) is 22.1 Å². The topological polar surface area (TPSA) is 49.0 Å². The predicted molar refractivity (Wildman–Crippen MR) is 106 cm³/mol. The number of carbonyl (C=O) groups excluding carboxylic acids is 1. The molecule has 1 aromatic heterocycles. The van der Waals surface area contributed by atoms with Gasteiger partial charge >= 0.3 is 0 Å². The summed E-state index contributed by atoms with van der Waals surface area (Å²) in [4.78, 5) is 22.2. The molecule has 4 rings (SSSR count). The zero-order valence-corrected chi connectivity index (χ0v) is 15.6. The van der Waals surface area contributed by atoms with Gasteiger partial charge in [0.05, 0.1) is 22.2 Å². The normalized spacial score (nSPS) is 14.9. The van der Waals surface area contributed by atoms with Crippen LogP contribution in [-0.4, -0.2) is 39.3 Å². The Hall–Kier alpha value is -1.92. The van der Waals surface area contributed by atoms with Crippen LogP contribution >= 0.6 is 23.5 Å². The fraction of sp³-hybridized carbons (Fsp3) is 0.263. The molecule has 1 aliphatic heterocycles. The average Bonchev–Trinajstić information content (AvgIpc) is 3.30. The molecule has 1 amide bonds. The second-order valence-electron chi connectivity index (χ2n) is 6.06. The second-order valence-corrected chi connectivity index (χ2v) is 8.78. The fourth-order valence-corrected chi connectivity index (χ4v) is 5.79. The van der Waals surface area contributed by atoms with Crippen molar-refractivity contribution in [3.05, 3.63) is 65.5 Å². The van der Waals surface area contributed by atoms with Crippen LogP contribution < -0.4 is 0 Å². The summed E-state index contributed by atoms with van der Waals surface area (Å²) >= 11 is 3.95. The smallest absolute Gasteiger partial charge is 0.253 e. The Balaban J connectivity index is 1.45. The van der Waals surface area contributed by atoms with Gasteiger partial charge in [0.1, 0.15) is 5.82 Å². The van der Waals surface area contributed by atoms with Gasteiger partial charge in [0, 0.05) is 24.1 Å². The minimum absolute atomic E-state index is 0.0127. The van der Waals surface area contributed by atoms with Gasteiger partial charge in [0.25, 0.3) is 5.91 Å². The van der Waals surface area contributed by atoms with Gasteiger partial charge in [-0.25, -0.2) is 4.98 Å². The molecule has 2 aromatic carbocycles. The molecule has 3 aromatic rings. The number of thioether (sulfide) groups is 2. The number of para-hydroxylation sites is 2. The zero-order valence-electron chi connectivity index (χ0n) is 13.9. The van der Waals surface area contributed by atoms with Crippen molar-refractivity contribution in [3.8, 4) is 0 Å². The lowest BCUT2D eigenvalue weighted by atomic mass is 10.1. The molecule has 0 spiro atoms. The van der Waals surface area contributed by atoms with Crippen LogP contribution in [0.1, 0.15) is 26.3 Å². The van der Waals surface area contributed by atoms with Crippen molar-refractivity contribution in [1.29, 1.82) is 0 Å². The molecule has 128 valence electrons. The van der Waals surface area contributed by atoms with E-state index in [1.807, 2.05) is 67.0 Å². The molecule has 0 saturated carbocycles. The number of hydrogen-bond donors (Lipinski definition) is 1. The van der Waals surface area contributed by atoms with Crippen LogP contribution in [-0.2, 0) is 6.54 Å². The lowest BCUT2D eigenvalue weighted by molar-refractivity contribution is 0.0782. The van der Waals surface area contributed by atoms with Gasteiger partial charge in [0.2, 0.25) is 0 Å². The first-order valence-electron chi connectivity index (χ1n) is 8.23. The largest absolute Gasteiger partial charge is 0.340 e. The Kier molecular flexibility index (Phi) is 4.72. The van der Waals surface area contributed by atoms with Crippen LogP contribution in [0.4, 0.5) is 0 Å². The third-order valence-corrected chi connectivity index (χ3v) is 7.33. The van der Waals surface area contributed by atoms with Crippen molar-refractivity contribution in [2.24, 2.45) is 0 Å². The molecule has 1 fully saturated rings. The maximum absolute atomic E-state index is 12.7. The lowest BCUT2D eigenvalue weighted by Gasteiger charge is -2.16. The fourth-order valence-electron chi connectivity index (χ4n) is 2.93. The first-order valence-corrected chi connectivity index (χ1v) is 10.3. The number of fused-ring (bicyclic) bond motifs is 1. The highest BCUT2D eigenvalue weighted by Crippen LogP contribution is 2.45. The Labute approximate surface area is 155 Å². The number of hydrogen-bond acceptors (Lipinski definition) is 4. The van der Waals surface area contributed by atoms with Crippen molar-refractivity contribution < 1.29 is 4.79 Å². The van der Waals surface area contributed by atoms with E-state index >= 15 is 0 Å². The lowest BCUT2D eigenvalue weighted by Crippen LogP contribution is -2.26. The van der Waals surface area contributed by atoms with Gasteiger partial charge < -0.3 is 9.88 Å². The van der Waals surface area contributed by atoms with Gasteiger partial charge in [-0.1, -0.05) is 24.3 Å². The Morgan fingerprint density at radius 1 is 1.16 bits per heavy atom. The Bertz CT molecular complexity index is 852. The molecule has 1 aliphatic rings. The molecule has 6 heteroatoms. The molecular weight excluding hydrogens is 350 g/mol. The third kappa shape index (κ3) is 3.55. The minimum atomic E-state index is 0.0127. The molecule has 1 saturated heterocycles. The first-order chi connectivity index (χ1) is 12.2. The van der Waals surface area contributed by atoms with Gasteiger partial charge in [-0.2, -0.15) is 0 Å². The van der Waals surface area contributed by atoms with E-state index in [-0.39, 0.29) is 5.91 Å². The van der Waals surface area contributed by atoms with Gasteiger partial charge in [-0.15, -0.1) is 23.5 Å². The van der Waals surface area contributed by atoms with Crippen molar-refractivity contribution in [2.75, 3.05) is 18.6 Å². The average molecular weight is 370 g/mol. The molecule has 2 heterocycles. The molecule has 0 unspecified atom stereocenters. The highest BCUT2D eigenvalue weighted by molar-refractivity contribution is 8.19. The maximum Gasteiger partial charge on any atom is 0.253 e. The summed E-state index contributed by atoms with van der Waals surface area (Å²) in [5, 5.41) is 0. The highest BCUT2D eigenvalue weighted by Gasteiger charge is 2.19. The number of nitrogens with one attached hydrogen (secondary N) is 1. The molecule has 0 aliphatic carbocycles. The predicted octanol–water partition coefficient (Wildman–Crippen LogP) is 4.31. The number of benzene rings is 2. The Morgan fingerprint density at radius 3 is 2.60 bits per heavy atom. The quantitative estimate of drug-likeness (QED) is 0.744. The van der Waals surface area contributed by atoms with Crippen LogP contribution in [0.3, 0.4) is 0 Å². The van der Waals surface area contributed by atoms with E-state index in [1.54, 1.807) is 4.90 Å². The summed E-state index contributed by atoms with van der Waals surface area (Å²) in [6.45, 7) is 0.462. The highest BCUT2D eigenvalue weighted by atomic mass is 32.2. The molecule has 0 bridgehead atoms. The van der Waals surface area contributed by atoms with Crippen LogP contribution in [0.5, 0.6) is 0 Å². The van der Waals surface area contributed by atoms with E-state index in [4.69, 9.17) is 0 Å². The standard InChI is InChI=1S/C19H19N3OS2/c1-22(12-17-20-15-4-2-3-5-16(15)21-17)18(23)13-6-8-14(9-7-13)19-24-10-11-25-19/h2-9,19H,10-12H2,1H3,(H,20,21). The molecule has 4 nitrogen and oxygen atoms in total. The van der Waals surface area contributed by atoms with Crippen molar-refractivity contribution >= 4 is 40.5 Å². The van der Waals surface area contributed by atoms with Gasteiger partial charge in [0.15, 0.2) is 0 Å². The number of imidazole rings is 1. The van der Waals surface area contributed by atoms with Crippen molar-refractivity contribution in [2.45, 2.75) is 11.1 Å².